The van der Waals surface area contributed by atoms with Crippen LogP contribution in [0.5, 0.6) is 0 Å². The van der Waals surface area contributed by atoms with E-state index in [0.29, 0.717) is 24.8 Å². The lowest BCUT2D eigenvalue weighted by atomic mass is 9.72. The molecule has 0 aromatic rings. The zero-order valence-corrected chi connectivity index (χ0v) is 11.6. The van der Waals surface area contributed by atoms with Crippen molar-refractivity contribution in [1.82, 2.24) is 4.90 Å². The van der Waals surface area contributed by atoms with Crippen molar-refractivity contribution < 1.29 is 9.59 Å². The zero-order chi connectivity index (χ0) is 13.9. The number of hydrogen-bond acceptors (Lipinski definition) is 3. The van der Waals surface area contributed by atoms with Crippen LogP contribution in [0.15, 0.2) is 0 Å². The molecule has 0 saturated heterocycles. The summed E-state index contributed by atoms with van der Waals surface area (Å²) in [4.78, 5) is 24.9. The number of amides is 2. The number of likely N-dealkylation sites (N-methyl/N-ethyl adjacent to an activating group) is 1. The number of carbonyl (C=O) groups excluding carboxylic acids is 2. The first-order valence-corrected chi connectivity index (χ1v) is 6.69. The second kappa shape index (κ2) is 6.18. The Morgan fingerprint density at radius 3 is 2.33 bits per heavy atom. The van der Waals surface area contributed by atoms with Crippen LogP contribution in [0.3, 0.4) is 0 Å². The predicted octanol–water partition coefficient (Wildman–Crippen LogP) is 0.330. The Kier molecular flexibility index (Phi) is 5.14. The average molecular weight is 255 g/mol. The van der Waals surface area contributed by atoms with Crippen molar-refractivity contribution in [2.75, 3.05) is 13.1 Å². The van der Waals surface area contributed by atoms with Crippen LogP contribution in [0.1, 0.15) is 33.6 Å². The maximum Gasteiger partial charge on any atom is 0.237 e. The fourth-order valence-corrected chi connectivity index (χ4v) is 2.80. The normalized spacial score (nSPS) is 32.0. The molecule has 1 fully saturated rings. The van der Waals surface area contributed by atoms with Crippen LogP contribution in [-0.2, 0) is 9.59 Å². The molecule has 0 aromatic carbocycles. The third-order valence-corrected chi connectivity index (χ3v) is 4.04. The van der Waals surface area contributed by atoms with E-state index in [1.807, 2.05) is 6.92 Å². The molecule has 1 rings (SSSR count). The maximum atomic E-state index is 12.4. The number of hydrogen-bond donors (Lipinski definition) is 2. The molecule has 18 heavy (non-hydrogen) atoms. The Morgan fingerprint density at radius 2 is 1.83 bits per heavy atom. The molecule has 0 aliphatic heterocycles. The highest BCUT2D eigenvalue weighted by Crippen LogP contribution is 2.33. The van der Waals surface area contributed by atoms with Gasteiger partial charge in [0.1, 0.15) is 0 Å². The fraction of sp³-hybridized carbons (Fsp3) is 0.846. The molecule has 2 amide bonds. The molecule has 5 nitrogen and oxygen atoms in total. The summed E-state index contributed by atoms with van der Waals surface area (Å²) >= 11 is 0. The Hall–Kier alpha value is -1.10. The van der Waals surface area contributed by atoms with Gasteiger partial charge in [-0.3, -0.25) is 9.59 Å². The van der Waals surface area contributed by atoms with Crippen LogP contribution < -0.4 is 11.5 Å². The minimum Gasteiger partial charge on any atom is -0.368 e. The average Bonchev–Trinajstić information content (AvgIpc) is 2.29. The van der Waals surface area contributed by atoms with Gasteiger partial charge in [0.15, 0.2) is 0 Å². The lowest BCUT2D eigenvalue weighted by Crippen LogP contribution is -2.48. The van der Waals surface area contributed by atoms with Crippen LogP contribution in [-0.4, -0.2) is 35.8 Å². The molecule has 4 N–H and O–H groups in total. The summed E-state index contributed by atoms with van der Waals surface area (Å²) in [6.07, 6.45) is 1.67. The number of nitrogens with two attached hydrogens (primary N) is 2. The first-order chi connectivity index (χ1) is 8.36. The first kappa shape index (κ1) is 15.0. The quantitative estimate of drug-likeness (QED) is 0.758. The number of rotatable bonds is 4. The predicted molar refractivity (Wildman–Crippen MR) is 70.5 cm³/mol. The molecule has 1 aliphatic carbocycles. The van der Waals surface area contributed by atoms with Crippen molar-refractivity contribution >= 4 is 11.8 Å². The summed E-state index contributed by atoms with van der Waals surface area (Å²) in [5.74, 6) is 0.248. The van der Waals surface area contributed by atoms with Gasteiger partial charge in [-0.1, -0.05) is 13.8 Å². The van der Waals surface area contributed by atoms with Crippen LogP contribution in [0.2, 0.25) is 0 Å². The summed E-state index contributed by atoms with van der Waals surface area (Å²) < 4.78 is 0. The lowest BCUT2D eigenvalue weighted by Gasteiger charge is -2.38. The molecule has 1 saturated carbocycles. The van der Waals surface area contributed by atoms with E-state index in [4.69, 9.17) is 11.5 Å². The Balaban J connectivity index is 2.72. The molecule has 0 bridgehead atoms. The van der Waals surface area contributed by atoms with Crippen LogP contribution in [0.25, 0.3) is 0 Å². The topological polar surface area (TPSA) is 89.4 Å². The number of carbonyl (C=O) groups is 2. The Bertz CT molecular complexity index is 319. The number of primary amides is 1. The largest absolute Gasteiger partial charge is 0.368 e. The van der Waals surface area contributed by atoms with E-state index in [0.717, 1.165) is 6.42 Å². The molecule has 5 heteroatoms. The van der Waals surface area contributed by atoms with Gasteiger partial charge in [0.05, 0.1) is 6.54 Å². The summed E-state index contributed by atoms with van der Waals surface area (Å²) in [6, 6.07) is 0.0717. The van der Waals surface area contributed by atoms with Crippen molar-refractivity contribution in [1.29, 1.82) is 0 Å². The molecular weight excluding hydrogens is 230 g/mol. The second-order valence-corrected chi connectivity index (χ2v) is 5.52. The van der Waals surface area contributed by atoms with Crippen molar-refractivity contribution in [3.8, 4) is 0 Å². The number of nitrogens with zero attached hydrogens (tertiary/aromatic N) is 1. The highest BCUT2D eigenvalue weighted by Gasteiger charge is 2.36. The lowest BCUT2D eigenvalue weighted by molar-refractivity contribution is -0.141. The van der Waals surface area contributed by atoms with E-state index >= 15 is 0 Å². The third kappa shape index (κ3) is 3.45. The monoisotopic (exact) mass is 255 g/mol. The molecule has 0 heterocycles. The van der Waals surface area contributed by atoms with E-state index in [1.165, 1.54) is 4.90 Å². The highest BCUT2D eigenvalue weighted by atomic mass is 16.2. The SMILES string of the molecule is CCN(CC(N)=O)C(=O)C1CC(N)C(C)CC1C. The standard InChI is InChI=1S/C13H25N3O2/c1-4-16(7-12(15)17)13(18)10-6-11(14)9(3)5-8(10)2/h8-11H,4-7,14H2,1-3H3,(H2,15,17). The molecular formula is C13H25N3O2. The van der Waals surface area contributed by atoms with Gasteiger partial charge in [0.25, 0.3) is 0 Å². The first-order valence-electron chi connectivity index (χ1n) is 6.69. The van der Waals surface area contributed by atoms with Gasteiger partial charge in [0.2, 0.25) is 11.8 Å². The summed E-state index contributed by atoms with van der Waals surface area (Å²) in [7, 11) is 0. The van der Waals surface area contributed by atoms with Crippen molar-refractivity contribution in [3.63, 3.8) is 0 Å². The van der Waals surface area contributed by atoms with E-state index < -0.39 is 5.91 Å². The van der Waals surface area contributed by atoms with Gasteiger partial charge < -0.3 is 16.4 Å². The molecule has 1 aliphatic rings. The smallest absolute Gasteiger partial charge is 0.237 e. The highest BCUT2D eigenvalue weighted by molar-refractivity contribution is 5.85. The van der Waals surface area contributed by atoms with Gasteiger partial charge in [-0.05, 0) is 31.6 Å². The van der Waals surface area contributed by atoms with E-state index in [-0.39, 0.29) is 24.4 Å². The van der Waals surface area contributed by atoms with Crippen LogP contribution >= 0.6 is 0 Å². The maximum absolute atomic E-state index is 12.4. The van der Waals surface area contributed by atoms with Gasteiger partial charge >= 0.3 is 0 Å². The molecule has 4 unspecified atom stereocenters. The van der Waals surface area contributed by atoms with Gasteiger partial charge in [-0.15, -0.1) is 0 Å². The molecule has 0 spiro atoms. The minimum absolute atomic E-state index is 0.00332. The van der Waals surface area contributed by atoms with E-state index in [2.05, 4.69) is 13.8 Å². The molecule has 4 atom stereocenters. The molecule has 0 radical (unpaired) electrons. The van der Waals surface area contributed by atoms with Crippen molar-refractivity contribution in [2.24, 2.45) is 29.2 Å². The van der Waals surface area contributed by atoms with Gasteiger partial charge in [0, 0.05) is 18.5 Å². The summed E-state index contributed by atoms with van der Waals surface area (Å²) in [6.45, 7) is 6.59. The second-order valence-electron chi connectivity index (χ2n) is 5.52. The fourth-order valence-electron chi connectivity index (χ4n) is 2.80. The Morgan fingerprint density at radius 1 is 1.22 bits per heavy atom. The molecule has 0 aromatic heterocycles. The third-order valence-electron chi connectivity index (χ3n) is 4.04. The van der Waals surface area contributed by atoms with Gasteiger partial charge in [-0.25, -0.2) is 0 Å². The zero-order valence-electron chi connectivity index (χ0n) is 11.6. The molecule has 104 valence electrons. The van der Waals surface area contributed by atoms with E-state index in [9.17, 15) is 9.59 Å². The Labute approximate surface area is 109 Å². The van der Waals surface area contributed by atoms with Crippen molar-refractivity contribution in [3.05, 3.63) is 0 Å². The van der Waals surface area contributed by atoms with Crippen LogP contribution in [0.4, 0.5) is 0 Å². The van der Waals surface area contributed by atoms with Gasteiger partial charge in [-0.2, -0.15) is 0 Å². The van der Waals surface area contributed by atoms with Crippen molar-refractivity contribution in [2.45, 2.75) is 39.7 Å². The summed E-state index contributed by atoms with van der Waals surface area (Å²) in [5, 5.41) is 0. The van der Waals surface area contributed by atoms with E-state index in [1.54, 1.807) is 0 Å². The summed E-state index contributed by atoms with van der Waals surface area (Å²) in [5.41, 5.74) is 11.2. The van der Waals surface area contributed by atoms with Crippen LogP contribution in [0, 0.1) is 17.8 Å². The minimum atomic E-state index is -0.466.